The Morgan fingerprint density at radius 3 is 2.45 bits per heavy atom. The van der Waals surface area contributed by atoms with Gasteiger partial charge in [0, 0.05) is 42.8 Å². The second kappa shape index (κ2) is 15.1. The highest BCUT2D eigenvalue weighted by Crippen LogP contribution is 2.35. The summed E-state index contributed by atoms with van der Waals surface area (Å²) >= 11 is 21.9. The van der Waals surface area contributed by atoms with Crippen molar-refractivity contribution in [2.24, 2.45) is 5.10 Å². The van der Waals surface area contributed by atoms with E-state index in [2.05, 4.69) is 43.4 Å². The van der Waals surface area contributed by atoms with Crippen molar-refractivity contribution in [2.45, 2.75) is 13.5 Å². The van der Waals surface area contributed by atoms with Gasteiger partial charge in [-0.25, -0.2) is 10.4 Å². The van der Waals surface area contributed by atoms with Gasteiger partial charge in [-0.3, -0.25) is 4.79 Å². The molecule has 0 saturated carbocycles. The summed E-state index contributed by atoms with van der Waals surface area (Å²) < 4.78 is 12.7. The Balaban J connectivity index is 1.20. The summed E-state index contributed by atoms with van der Waals surface area (Å²) in [5.41, 5.74) is 7.18. The summed E-state index contributed by atoms with van der Waals surface area (Å²) in [6.45, 7) is 2.59. The molecular formula is C32H24Cl3IN4O3S. The largest absolute Gasteiger partial charge is 0.490 e. The molecule has 0 aliphatic heterocycles. The number of amides is 1. The standard InChI is InChI=1S/C32H24Cl3IN4O3S/c1-2-42-29-14-19(13-27(36)30(29)43-17-22-7-8-24(34)15-26(22)35)16-37-40-31(41)21-5-3-20(4-6-21)28-18-44-32(39-28)38-25-11-9-23(33)10-12-25/h3-16,18H,2,17H2,1H3,(H,38,39)(H,40,41)/b37-16-. The first kappa shape index (κ1) is 32.1. The average Bonchev–Trinajstić information content (AvgIpc) is 3.47. The second-order valence-corrected chi connectivity index (χ2v) is 12.5. The first-order valence-corrected chi connectivity index (χ1v) is 16.3. The van der Waals surface area contributed by atoms with E-state index in [4.69, 9.17) is 44.3 Å². The first-order chi connectivity index (χ1) is 21.3. The first-order valence-electron chi connectivity index (χ1n) is 13.2. The van der Waals surface area contributed by atoms with E-state index in [1.807, 2.05) is 60.8 Å². The number of rotatable bonds is 11. The molecule has 7 nitrogen and oxygen atoms in total. The Morgan fingerprint density at radius 1 is 0.977 bits per heavy atom. The zero-order valence-electron chi connectivity index (χ0n) is 23.1. The third-order valence-corrected chi connectivity index (χ3v) is 8.54. The van der Waals surface area contributed by atoms with E-state index >= 15 is 0 Å². The third-order valence-electron chi connectivity index (χ3n) is 6.14. The molecule has 0 aliphatic rings. The van der Waals surface area contributed by atoms with Gasteiger partial charge >= 0.3 is 0 Å². The summed E-state index contributed by atoms with van der Waals surface area (Å²) in [6.07, 6.45) is 1.56. The number of thiazole rings is 1. The number of nitrogens with zero attached hydrogens (tertiary/aromatic N) is 2. The maximum Gasteiger partial charge on any atom is 0.271 e. The molecule has 0 saturated heterocycles. The van der Waals surface area contributed by atoms with Crippen molar-refractivity contribution in [1.82, 2.24) is 10.4 Å². The normalized spacial score (nSPS) is 11.0. The van der Waals surface area contributed by atoms with Crippen LogP contribution in [0.2, 0.25) is 15.1 Å². The van der Waals surface area contributed by atoms with Crippen LogP contribution in [0.1, 0.15) is 28.4 Å². The molecule has 5 rings (SSSR count). The third kappa shape index (κ3) is 8.42. The summed E-state index contributed by atoms with van der Waals surface area (Å²) in [6, 6.07) is 23.6. The van der Waals surface area contributed by atoms with Crippen LogP contribution >= 0.6 is 68.7 Å². The molecule has 2 N–H and O–H groups in total. The number of halogens is 4. The molecule has 12 heteroatoms. The van der Waals surface area contributed by atoms with Crippen molar-refractivity contribution in [2.75, 3.05) is 11.9 Å². The van der Waals surface area contributed by atoms with E-state index < -0.39 is 0 Å². The van der Waals surface area contributed by atoms with Gasteiger partial charge in [-0.05, 0) is 95.7 Å². The highest BCUT2D eigenvalue weighted by Gasteiger charge is 2.14. The van der Waals surface area contributed by atoms with Crippen molar-refractivity contribution in [1.29, 1.82) is 0 Å². The maximum atomic E-state index is 12.7. The molecule has 1 amide bonds. The number of aromatic nitrogens is 1. The van der Waals surface area contributed by atoms with Gasteiger partial charge < -0.3 is 14.8 Å². The Bertz CT molecular complexity index is 1800. The minimum atomic E-state index is -0.337. The van der Waals surface area contributed by atoms with Crippen LogP contribution in [0.15, 0.2) is 89.3 Å². The molecule has 0 unspecified atom stereocenters. The lowest BCUT2D eigenvalue weighted by atomic mass is 10.1. The van der Waals surface area contributed by atoms with Gasteiger partial charge in [-0.15, -0.1) is 11.3 Å². The van der Waals surface area contributed by atoms with Gasteiger partial charge in [0.15, 0.2) is 16.6 Å². The lowest BCUT2D eigenvalue weighted by Gasteiger charge is -2.15. The van der Waals surface area contributed by atoms with Gasteiger partial charge in [0.2, 0.25) is 0 Å². The monoisotopic (exact) mass is 776 g/mol. The Morgan fingerprint density at radius 2 is 1.73 bits per heavy atom. The van der Waals surface area contributed by atoms with Crippen molar-refractivity contribution in [3.8, 4) is 22.8 Å². The predicted octanol–water partition coefficient (Wildman–Crippen LogP) is 9.86. The number of carbonyl (C=O) groups excluding carboxylic acids is 1. The topological polar surface area (TPSA) is 84.8 Å². The second-order valence-electron chi connectivity index (χ2n) is 9.23. The zero-order valence-corrected chi connectivity index (χ0v) is 28.4. The zero-order chi connectivity index (χ0) is 31.1. The molecule has 0 fully saturated rings. The molecule has 0 bridgehead atoms. The molecule has 0 radical (unpaired) electrons. The molecule has 44 heavy (non-hydrogen) atoms. The van der Waals surface area contributed by atoms with E-state index in [-0.39, 0.29) is 12.5 Å². The average molecular weight is 778 g/mol. The smallest absolute Gasteiger partial charge is 0.271 e. The highest BCUT2D eigenvalue weighted by atomic mass is 127. The van der Waals surface area contributed by atoms with Gasteiger partial charge in [0.05, 0.1) is 22.1 Å². The summed E-state index contributed by atoms with van der Waals surface area (Å²) in [5.74, 6) is 0.810. The summed E-state index contributed by atoms with van der Waals surface area (Å²) in [4.78, 5) is 17.4. The van der Waals surface area contributed by atoms with Crippen LogP contribution < -0.4 is 20.2 Å². The Labute approximate surface area is 287 Å². The molecule has 0 aliphatic carbocycles. The number of hydrazone groups is 1. The van der Waals surface area contributed by atoms with Crippen molar-refractivity contribution < 1.29 is 14.3 Å². The summed E-state index contributed by atoms with van der Waals surface area (Å²) in [7, 11) is 0. The van der Waals surface area contributed by atoms with Crippen LogP contribution in [-0.4, -0.2) is 23.7 Å². The van der Waals surface area contributed by atoms with Gasteiger partial charge in [-0.2, -0.15) is 5.10 Å². The minimum absolute atomic E-state index is 0.248. The number of hydrogen-bond donors (Lipinski definition) is 2. The van der Waals surface area contributed by atoms with Crippen LogP contribution in [0.4, 0.5) is 10.8 Å². The molecule has 1 heterocycles. The van der Waals surface area contributed by atoms with Crippen molar-refractivity contribution >= 4 is 91.7 Å². The van der Waals surface area contributed by atoms with E-state index in [0.717, 1.165) is 36.8 Å². The van der Waals surface area contributed by atoms with E-state index in [1.54, 1.807) is 36.5 Å². The maximum absolute atomic E-state index is 12.7. The van der Waals surface area contributed by atoms with Gasteiger partial charge in [0.25, 0.3) is 5.91 Å². The van der Waals surface area contributed by atoms with Crippen LogP contribution in [0, 0.1) is 3.57 Å². The molecule has 0 spiro atoms. The van der Waals surface area contributed by atoms with Gasteiger partial charge in [0.1, 0.15) is 6.61 Å². The van der Waals surface area contributed by atoms with Crippen molar-refractivity contribution in [3.63, 3.8) is 0 Å². The number of benzene rings is 4. The molecular weight excluding hydrogens is 754 g/mol. The highest BCUT2D eigenvalue weighted by molar-refractivity contribution is 14.1. The Kier molecular flexibility index (Phi) is 11.0. The van der Waals surface area contributed by atoms with Gasteiger partial charge in [-0.1, -0.05) is 53.0 Å². The molecule has 1 aromatic heterocycles. The van der Waals surface area contributed by atoms with Crippen LogP contribution in [0.3, 0.4) is 0 Å². The fraction of sp³-hybridized carbons (Fsp3) is 0.0938. The van der Waals surface area contributed by atoms with Crippen LogP contribution in [0.5, 0.6) is 11.5 Å². The Hall–Kier alpha value is -3.35. The SMILES string of the molecule is CCOc1cc(/C=N\NC(=O)c2ccc(-c3csc(Nc4ccc(Cl)cc4)n3)cc2)cc(I)c1OCc1ccc(Cl)cc1Cl. The lowest BCUT2D eigenvalue weighted by molar-refractivity contribution is 0.0955. The van der Waals surface area contributed by atoms with E-state index in [1.165, 1.54) is 11.3 Å². The number of nitrogens with one attached hydrogen (secondary N) is 2. The minimum Gasteiger partial charge on any atom is -0.490 e. The number of anilines is 2. The molecule has 4 aromatic carbocycles. The lowest BCUT2D eigenvalue weighted by Crippen LogP contribution is -2.17. The van der Waals surface area contributed by atoms with E-state index in [9.17, 15) is 4.79 Å². The quantitative estimate of drug-likeness (QED) is 0.0793. The number of carbonyl (C=O) groups is 1. The fourth-order valence-corrected chi connectivity index (χ4v) is 6.11. The van der Waals surface area contributed by atoms with Crippen molar-refractivity contribution in [3.05, 3.63) is 120 Å². The molecule has 0 atom stereocenters. The fourth-order valence-electron chi connectivity index (χ4n) is 4.00. The number of hydrogen-bond acceptors (Lipinski definition) is 7. The van der Waals surface area contributed by atoms with E-state index in [0.29, 0.717) is 38.7 Å². The van der Waals surface area contributed by atoms with Crippen LogP contribution in [0.25, 0.3) is 11.3 Å². The number of ether oxygens (including phenoxy) is 2. The molecule has 5 aromatic rings. The predicted molar refractivity (Wildman–Crippen MR) is 188 cm³/mol. The molecule has 224 valence electrons. The van der Waals surface area contributed by atoms with Crippen LogP contribution in [-0.2, 0) is 6.61 Å². The summed E-state index contributed by atoms with van der Waals surface area (Å²) in [5, 5.41) is 11.9.